The van der Waals surface area contributed by atoms with Crippen molar-refractivity contribution in [3.63, 3.8) is 0 Å². The molecular weight excluding hydrogens is 404 g/mol. The third-order valence-corrected chi connectivity index (χ3v) is 6.07. The first-order valence-corrected chi connectivity index (χ1v) is 11.0. The van der Waals surface area contributed by atoms with Gasteiger partial charge in [0, 0.05) is 24.2 Å². The van der Waals surface area contributed by atoms with Gasteiger partial charge in [0.1, 0.15) is 5.69 Å². The Hall–Kier alpha value is -3.37. The highest BCUT2D eigenvalue weighted by molar-refractivity contribution is 7.95. The average molecular weight is 424 g/mol. The van der Waals surface area contributed by atoms with Gasteiger partial charge in [0.2, 0.25) is 0 Å². The molecule has 0 atom stereocenters. The van der Waals surface area contributed by atoms with Crippen LogP contribution in [0.15, 0.2) is 48.4 Å². The summed E-state index contributed by atoms with van der Waals surface area (Å²) in [6.07, 6.45) is 0. The summed E-state index contributed by atoms with van der Waals surface area (Å²) in [5.74, 6) is 0.556. The van der Waals surface area contributed by atoms with Crippen molar-refractivity contribution in [2.75, 3.05) is 35.9 Å². The number of sulfonamides is 1. The largest absolute Gasteiger partial charge is 0.378 e. The molecule has 1 aliphatic heterocycles. The Morgan fingerprint density at radius 2 is 2.00 bits per heavy atom. The lowest BCUT2D eigenvalue weighted by atomic mass is 10.1. The minimum Gasteiger partial charge on any atom is -0.378 e. The zero-order chi connectivity index (χ0) is 20.7. The van der Waals surface area contributed by atoms with E-state index in [9.17, 15) is 8.42 Å². The quantitative estimate of drug-likeness (QED) is 0.454. The standard InChI is InChI=1S/C20H20N6O3S/c1-2-30(27,28)25-16-5-3-4-15-18(16)19(24-23-15)20-21-14-7-6-13(12-17(14)22-20)26-8-10-29-11-9-26/h2-7,12,25H,1,8-11H2,(H,21,22)(H,23,24). The van der Waals surface area contributed by atoms with Crippen molar-refractivity contribution in [1.82, 2.24) is 20.2 Å². The molecular formula is C20H20N6O3S. The zero-order valence-electron chi connectivity index (χ0n) is 16.1. The topological polar surface area (TPSA) is 116 Å². The Kier molecular flexibility index (Phi) is 4.44. The van der Waals surface area contributed by atoms with Gasteiger partial charge in [-0.05, 0) is 30.3 Å². The van der Waals surface area contributed by atoms with Crippen LogP contribution in [0.3, 0.4) is 0 Å². The van der Waals surface area contributed by atoms with Crippen molar-refractivity contribution in [2.45, 2.75) is 0 Å². The number of nitrogens with zero attached hydrogens (tertiary/aromatic N) is 3. The fourth-order valence-corrected chi connectivity index (χ4v) is 4.21. The molecule has 5 rings (SSSR count). The number of fused-ring (bicyclic) bond motifs is 2. The zero-order valence-corrected chi connectivity index (χ0v) is 16.9. The van der Waals surface area contributed by atoms with Crippen molar-refractivity contribution in [3.8, 4) is 11.5 Å². The highest BCUT2D eigenvalue weighted by atomic mass is 32.2. The van der Waals surface area contributed by atoms with E-state index in [0.29, 0.717) is 28.1 Å². The number of rotatable bonds is 5. The fourth-order valence-electron chi connectivity index (χ4n) is 3.65. The van der Waals surface area contributed by atoms with Crippen LogP contribution in [-0.4, -0.2) is 54.9 Å². The van der Waals surface area contributed by atoms with Crippen LogP contribution in [0.25, 0.3) is 33.5 Å². The second-order valence-corrected chi connectivity index (χ2v) is 8.63. The van der Waals surface area contributed by atoms with Gasteiger partial charge >= 0.3 is 0 Å². The first-order valence-electron chi connectivity index (χ1n) is 9.49. The van der Waals surface area contributed by atoms with Crippen LogP contribution in [0.1, 0.15) is 0 Å². The molecule has 2 aromatic heterocycles. The van der Waals surface area contributed by atoms with Crippen LogP contribution < -0.4 is 9.62 Å². The summed E-state index contributed by atoms with van der Waals surface area (Å²) in [6.45, 7) is 6.48. The van der Waals surface area contributed by atoms with Crippen molar-refractivity contribution >= 4 is 43.3 Å². The van der Waals surface area contributed by atoms with Gasteiger partial charge in [-0.2, -0.15) is 5.10 Å². The Balaban J connectivity index is 1.59. The molecule has 3 heterocycles. The molecule has 9 nitrogen and oxygen atoms in total. The predicted molar refractivity (Wildman–Crippen MR) is 117 cm³/mol. The summed E-state index contributed by atoms with van der Waals surface area (Å²) in [6, 6.07) is 11.3. The molecule has 0 unspecified atom stereocenters. The van der Waals surface area contributed by atoms with Gasteiger partial charge in [-0.15, -0.1) is 0 Å². The van der Waals surface area contributed by atoms with E-state index in [2.05, 4.69) is 42.4 Å². The highest BCUT2D eigenvalue weighted by Gasteiger charge is 2.18. The van der Waals surface area contributed by atoms with Crippen LogP contribution >= 0.6 is 0 Å². The van der Waals surface area contributed by atoms with E-state index in [0.717, 1.165) is 48.4 Å². The van der Waals surface area contributed by atoms with E-state index in [1.807, 2.05) is 18.2 Å². The number of hydrogen-bond donors (Lipinski definition) is 3. The van der Waals surface area contributed by atoms with Crippen LogP contribution in [-0.2, 0) is 14.8 Å². The molecule has 0 saturated carbocycles. The smallest absolute Gasteiger partial charge is 0.254 e. The first-order chi connectivity index (χ1) is 14.5. The lowest BCUT2D eigenvalue weighted by molar-refractivity contribution is 0.122. The van der Waals surface area contributed by atoms with Gasteiger partial charge in [0.05, 0.1) is 40.8 Å². The fraction of sp³-hybridized carbons (Fsp3) is 0.200. The molecule has 0 radical (unpaired) electrons. The summed E-state index contributed by atoms with van der Waals surface area (Å²) in [5, 5.41) is 8.84. The van der Waals surface area contributed by atoms with Crippen molar-refractivity contribution in [3.05, 3.63) is 48.4 Å². The molecule has 10 heteroatoms. The average Bonchev–Trinajstić information content (AvgIpc) is 3.38. The summed E-state index contributed by atoms with van der Waals surface area (Å²) in [5.41, 5.74) is 4.44. The second-order valence-electron chi connectivity index (χ2n) is 7.00. The molecule has 4 aromatic rings. The number of hydrogen-bond acceptors (Lipinski definition) is 6. The molecule has 1 fully saturated rings. The lowest BCUT2D eigenvalue weighted by Gasteiger charge is -2.28. The number of H-pyrrole nitrogens is 2. The maximum atomic E-state index is 12.0. The van der Waals surface area contributed by atoms with Gasteiger partial charge in [-0.25, -0.2) is 13.4 Å². The Morgan fingerprint density at radius 1 is 1.17 bits per heavy atom. The predicted octanol–water partition coefficient (Wildman–Crippen LogP) is 2.83. The lowest BCUT2D eigenvalue weighted by Crippen LogP contribution is -2.36. The van der Waals surface area contributed by atoms with Crippen LogP contribution in [0.4, 0.5) is 11.4 Å². The molecule has 30 heavy (non-hydrogen) atoms. The summed E-state index contributed by atoms with van der Waals surface area (Å²) in [4.78, 5) is 10.3. The number of aromatic nitrogens is 4. The van der Waals surface area contributed by atoms with Gasteiger partial charge < -0.3 is 14.6 Å². The number of ether oxygens (including phenoxy) is 1. The maximum Gasteiger partial charge on any atom is 0.254 e. The monoisotopic (exact) mass is 424 g/mol. The van der Waals surface area contributed by atoms with Gasteiger partial charge in [-0.3, -0.25) is 9.82 Å². The number of benzene rings is 2. The van der Waals surface area contributed by atoms with E-state index in [1.54, 1.807) is 12.1 Å². The summed E-state index contributed by atoms with van der Waals surface area (Å²) < 4.78 is 32.0. The number of imidazole rings is 1. The van der Waals surface area contributed by atoms with Crippen molar-refractivity contribution < 1.29 is 13.2 Å². The van der Waals surface area contributed by atoms with Crippen molar-refractivity contribution in [2.24, 2.45) is 0 Å². The molecule has 3 N–H and O–H groups in total. The van der Waals surface area contributed by atoms with E-state index >= 15 is 0 Å². The number of anilines is 2. The normalized spacial score (nSPS) is 15.0. The molecule has 2 aromatic carbocycles. The molecule has 0 spiro atoms. The molecule has 154 valence electrons. The Morgan fingerprint density at radius 3 is 2.80 bits per heavy atom. The summed E-state index contributed by atoms with van der Waals surface area (Å²) in [7, 11) is -3.66. The number of morpholine rings is 1. The number of aromatic amines is 2. The molecule has 0 amide bonds. The molecule has 0 bridgehead atoms. The molecule has 1 aliphatic rings. The SMILES string of the molecule is C=CS(=O)(=O)Nc1cccc2[nH]nc(-c3nc4ccc(N5CCOCC5)cc4[nH]3)c12. The second kappa shape index (κ2) is 7.15. The van der Waals surface area contributed by atoms with E-state index in [1.165, 1.54) is 0 Å². The minimum absolute atomic E-state index is 0.408. The van der Waals surface area contributed by atoms with Crippen LogP contribution in [0.5, 0.6) is 0 Å². The number of nitrogens with one attached hydrogen (secondary N) is 3. The van der Waals surface area contributed by atoms with E-state index in [-0.39, 0.29) is 0 Å². The third-order valence-electron chi connectivity index (χ3n) is 5.13. The van der Waals surface area contributed by atoms with Gasteiger partial charge in [-0.1, -0.05) is 12.6 Å². The van der Waals surface area contributed by atoms with Crippen LogP contribution in [0, 0.1) is 0 Å². The van der Waals surface area contributed by atoms with Crippen LogP contribution in [0.2, 0.25) is 0 Å². The Labute approximate surface area is 172 Å². The Bertz CT molecular complexity index is 1350. The third kappa shape index (κ3) is 3.29. The van der Waals surface area contributed by atoms with Gasteiger partial charge in [0.25, 0.3) is 10.0 Å². The van der Waals surface area contributed by atoms with E-state index in [4.69, 9.17) is 4.74 Å². The summed E-state index contributed by atoms with van der Waals surface area (Å²) >= 11 is 0. The highest BCUT2D eigenvalue weighted by Crippen LogP contribution is 2.33. The molecule has 0 aliphatic carbocycles. The molecule has 1 saturated heterocycles. The first kappa shape index (κ1) is 18.6. The van der Waals surface area contributed by atoms with E-state index < -0.39 is 10.0 Å². The van der Waals surface area contributed by atoms with Gasteiger partial charge in [0.15, 0.2) is 5.82 Å². The van der Waals surface area contributed by atoms with Crippen molar-refractivity contribution in [1.29, 1.82) is 0 Å². The minimum atomic E-state index is -3.66. The maximum absolute atomic E-state index is 12.0.